The molecule has 0 heterocycles. The van der Waals surface area contributed by atoms with Crippen molar-refractivity contribution in [1.29, 1.82) is 0 Å². The van der Waals surface area contributed by atoms with Gasteiger partial charge < -0.3 is 33.8 Å². The molecule has 0 rings (SSSR count). The molecule has 0 bridgehead atoms. The van der Waals surface area contributed by atoms with E-state index in [1.54, 1.807) is 0 Å². The first-order chi connectivity index (χ1) is 43.1. The average Bonchev–Trinajstić information content (AvgIpc) is 3.68. The summed E-state index contributed by atoms with van der Waals surface area (Å²) >= 11 is 0. The van der Waals surface area contributed by atoms with Crippen LogP contribution in [-0.4, -0.2) is 96.7 Å². The molecular formula is C71H138O17P2. The molecule has 17 nitrogen and oxygen atoms in total. The molecule has 0 aromatic heterocycles. The quantitative estimate of drug-likeness (QED) is 0.0222. The number of aliphatic hydroxyl groups excluding tert-OH is 1. The summed E-state index contributed by atoms with van der Waals surface area (Å²) in [4.78, 5) is 72.6. The molecule has 0 aliphatic rings. The summed E-state index contributed by atoms with van der Waals surface area (Å²) < 4.78 is 68.3. The van der Waals surface area contributed by atoms with E-state index in [-0.39, 0.29) is 25.7 Å². The van der Waals surface area contributed by atoms with E-state index in [4.69, 9.17) is 37.0 Å². The molecule has 90 heavy (non-hydrogen) atoms. The van der Waals surface area contributed by atoms with E-state index in [0.29, 0.717) is 31.6 Å². The van der Waals surface area contributed by atoms with E-state index in [0.717, 1.165) is 114 Å². The lowest BCUT2D eigenvalue weighted by atomic mass is 9.99. The molecule has 0 fully saturated rings. The number of hydrogen-bond acceptors (Lipinski definition) is 15. The third-order valence-electron chi connectivity index (χ3n) is 16.7. The van der Waals surface area contributed by atoms with Gasteiger partial charge in [0, 0.05) is 25.7 Å². The number of phosphoric acid groups is 2. The summed E-state index contributed by atoms with van der Waals surface area (Å²) in [5, 5.41) is 10.6. The highest BCUT2D eigenvalue weighted by atomic mass is 31.2. The maximum absolute atomic E-state index is 13.0. The van der Waals surface area contributed by atoms with Gasteiger partial charge in [-0.3, -0.25) is 37.3 Å². The number of aliphatic hydroxyl groups is 1. The van der Waals surface area contributed by atoms with Gasteiger partial charge in [0.15, 0.2) is 12.2 Å². The van der Waals surface area contributed by atoms with Crippen LogP contribution in [0.3, 0.4) is 0 Å². The lowest BCUT2D eigenvalue weighted by molar-refractivity contribution is -0.161. The highest BCUT2D eigenvalue weighted by molar-refractivity contribution is 7.47. The monoisotopic (exact) mass is 1320 g/mol. The Hall–Kier alpha value is -1.94. The van der Waals surface area contributed by atoms with Crippen molar-refractivity contribution >= 4 is 39.5 Å². The minimum atomic E-state index is -4.95. The fraction of sp³-hybridized carbons (Fsp3) is 0.944. The van der Waals surface area contributed by atoms with Crippen LogP contribution in [0.5, 0.6) is 0 Å². The molecule has 0 aromatic rings. The molecule has 19 heteroatoms. The highest BCUT2D eigenvalue weighted by Gasteiger charge is 2.30. The van der Waals surface area contributed by atoms with Crippen molar-refractivity contribution < 1.29 is 80.2 Å². The van der Waals surface area contributed by atoms with Gasteiger partial charge in [0.2, 0.25) is 0 Å². The number of rotatable bonds is 68. The molecule has 0 aliphatic heterocycles. The van der Waals surface area contributed by atoms with Crippen LogP contribution >= 0.6 is 15.6 Å². The molecule has 0 aliphatic carbocycles. The fourth-order valence-electron chi connectivity index (χ4n) is 10.6. The Morgan fingerprint density at radius 3 is 0.789 bits per heavy atom. The zero-order valence-corrected chi connectivity index (χ0v) is 60.6. The van der Waals surface area contributed by atoms with Gasteiger partial charge in [-0.25, -0.2) is 9.13 Å². The van der Waals surface area contributed by atoms with Crippen LogP contribution in [0.15, 0.2) is 0 Å². The van der Waals surface area contributed by atoms with Crippen molar-refractivity contribution in [3.05, 3.63) is 0 Å². The summed E-state index contributed by atoms with van der Waals surface area (Å²) in [5.74, 6) is 0.864. The minimum Gasteiger partial charge on any atom is -0.462 e. The highest BCUT2D eigenvalue weighted by Crippen LogP contribution is 2.45. The van der Waals surface area contributed by atoms with E-state index in [1.807, 2.05) is 0 Å². The predicted molar refractivity (Wildman–Crippen MR) is 363 cm³/mol. The molecule has 0 saturated heterocycles. The van der Waals surface area contributed by atoms with E-state index in [9.17, 15) is 43.2 Å². The normalized spacial score (nSPS) is 14.6. The number of carbonyl (C=O) groups is 4. The standard InChI is InChI=1S/C71H138O17P2/c1-9-64(8)50-42-34-25-21-22-28-38-46-54-71(76)88-67(58-82-69(74)52-44-36-30-29-33-41-49-63(6)7)60-86-90(79,80)84-56-65(72)55-83-89(77,78)85-59-66(57-81-68(73)51-43-35-26-19-16-15-18-24-32-40-48-62(4)5)87-70(75)53-45-37-27-20-14-12-10-11-13-17-23-31-39-47-61(2)3/h61-67,72H,9-60H2,1-8H3,(H,77,78)(H,79,80)/t64?,65-,66-,67-/m1/s1. The largest absolute Gasteiger partial charge is 0.472 e. The Morgan fingerprint density at radius 1 is 0.311 bits per heavy atom. The Bertz CT molecular complexity index is 1780. The van der Waals surface area contributed by atoms with Crippen LogP contribution in [0.2, 0.25) is 0 Å². The predicted octanol–water partition coefficient (Wildman–Crippen LogP) is 20.1. The van der Waals surface area contributed by atoms with Gasteiger partial charge in [-0.1, -0.05) is 299 Å². The second-order valence-corrected chi connectivity index (χ2v) is 30.2. The number of ether oxygens (including phenoxy) is 4. The lowest BCUT2D eigenvalue weighted by Crippen LogP contribution is -2.30. The second-order valence-electron chi connectivity index (χ2n) is 27.3. The van der Waals surface area contributed by atoms with Crippen LogP contribution in [0, 0.1) is 23.7 Å². The third kappa shape index (κ3) is 63.5. The van der Waals surface area contributed by atoms with E-state index in [1.165, 1.54) is 148 Å². The van der Waals surface area contributed by atoms with Gasteiger partial charge in [-0.05, 0) is 49.4 Å². The Labute approximate surface area is 549 Å². The maximum atomic E-state index is 13.0. The number of unbranched alkanes of at least 4 members (excludes halogenated alkanes) is 33. The number of hydrogen-bond donors (Lipinski definition) is 3. The summed E-state index contributed by atoms with van der Waals surface area (Å²) in [5.41, 5.74) is 0. The third-order valence-corrected chi connectivity index (χ3v) is 18.6. The van der Waals surface area contributed by atoms with Gasteiger partial charge in [0.1, 0.15) is 19.3 Å². The molecular weight excluding hydrogens is 1190 g/mol. The van der Waals surface area contributed by atoms with Crippen molar-refractivity contribution in [1.82, 2.24) is 0 Å². The molecule has 0 radical (unpaired) electrons. The van der Waals surface area contributed by atoms with Gasteiger partial charge in [0.25, 0.3) is 0 Å². The Kier molecular flexibility index (Phi) is 59.4. The van der Waals surface area contributed by atoms with Gasteiger partial charge in [-0.2, -0.15) is 0 Å². The number of esters is 4. The summed E-state index contributed by atoms with van der Waals surface area (Å²) in [7, 11) is -9.90. The van der Waals surface area contributed by atoms with Crippen LogP contribution in [0.4, 0.5) is 0 Å². The molecule has 3 unspecified atom stereocenters. The summed E-state index contributed by atoms with van der Waals surface area (Å²) in [6.45, 7) is 14.1. The molecule has 0 saturated carbocycles. The van der Waals surface area contributed by atoms with Crippen LogP contribution in [0.25, 0.3) is 0 Å². The molecule has 0 amide bonds. The Balaban J connectivity index is 5.25. The first kappa shape index (κ1) is 88.1. The number of phosphoric ester groups is 2. The first-order valence-corrected chi connectivity index (χ1v) is 39.7. The zero-order valence-electron chi connectivity index (χ0n) is 58.8. The fourth-order valence-corrected chi connectivity index (χ4v) is 12.2. The zero-order chi connectivity index (χ0) is 66.8. The topological polar surface area (TPSA) is 237 Å². The molecule has 6 atom stereocenters. The lowest BCUT2D eigenvalue weighted by Gasteiger charge is -2.21. The molecule has 534 valence electrons. The average molecular weight is 1330 g/mol. The van der Waals surface area contributed by atoms with E-state index < -0.39 is 97.5 Å². The van der Waals surface area contributed by atoms with Crippen molar-refractivity contribution in [2.45, 2.75) is 369 Å². The van der Waals surface area contributed by atoms with Gasteiger partial charge in [0.05, 0.1) is 26.4 Å². The first-order valence-electron chi connectivity index (χ1n) is 36.7. The van der Waals surface area contributed by atoms with Crippen molar-refractivity contribution in [3.63, 3.8) is 0 Å². The van der Waals surface area contributed by atoms with Gasteiger partial charge in [-0.15, -0.1) is 0 Å². The maximum Gasteiger partial charge on any atom is 0.472 e. The molecule has 0 spiro atoms. The van der Waals surface area contributed by atoms with Crippen molar-refractivity contribution in [2.24, 2.45) is 23.7 Å². The smallest absolute Gasteiger partial charge is 0.462 e. The minimum absolute atomic E-state index is 0.103. The van der Waals surface area contributed by atoms with Gasteiger partial charge >= 0.3 is 39.5 Å². The van der Waals surface area contributed by atoms with E-state index >= 15 is 0 Å². The van der Waals surface area contributed by atoms with Crippen molar-refractivity contribution in [2.75, 3.05) is 39.6 Å². The number of carbonyl (C=O) groups excluding carboxylic acids is 4. The van der Waals surface area contributed by atoms with E-state index in [2.05, 4.69) is 55.4 Å². The van der Waals surface area contributed by atoms with Crippen LogP contribution in [-0.2, 0) is 65.4 Å². The SMILES string of the molecule is CCC(C)CCCCCCCCCCC(=O)O[C@H](COC(=O)CCCCCCCCC(C)C)COP(=O)(O)OC[C@H](O)COP(=O)(O)OC[C@@H](COC(=O)CCCCCCCCCCCCC(C)C)OC(=O)CCCCCCCCCCCCCCCC(C)C. The molecule has 0 aromatic carbocycles. The van der Waals surface area contributed by atoms with Crippen LogP contribution < -0.4 is 0 Å². The second kappa shape index (κ2) is 60.7. The Morgan fingerprint density at radius 2 is 0.533 bits per heavy atom. The molecule has 3 N–H and O–H groups in total. The van der Waals surface area contributed by atoms with Crippen LogP contribution in [0.1, 0.15) is 351 Å². The van der Waals surface area contributed by atoms with Crippen molar-refractivity contribution in [3.8, 4) is 0 Å². The summed E-state index contributed by atoms with van der Waals surface area (Å²) in [6.07, 6.45) is 43.1. The summed E-state index contributed by atoms with van der Waals surface area (Å²) in [6, 6.07) is 0.